The van der Waals surface area contributed by atoms with Gasteiger partial charge in [-0.25, -0.2) is 0 Å². The molecule has 1 aromatic carbocycles. The van der Waals surface area contributed by atoms with Gasteiger partial charge in [-0.3, -0.25) is 0 Å². The Bertz CT molecular complexity index is 395. The van der Waals surface area contributed by atoms with Gasteiger partial charge in [0.25, 0.3) is 0 Å². The van der Waals surface area contributed by atoms with Gasteiger partial charge in [-0.2, -0.15) is 0 Å². The molecule has 0 fully saturated rings. The molecule has 0 aliphatic rings. The van der Waals surface area contributed by atoms with E-state index < -0.39 is 0 Å². The molecule has 2 heteroatoms. The van der Waals surface area contributed by atoms with Crippen molar-refractivity contribution < 1.29 is 5.11 Å². The average molecular weight is 277 g/mol. The lowest BCUT2D eigenvalue weighted by atomic mass is 9.84. The Morgan fingerprint density at radius 1 is 1.20 bits per heavy atom. The molecule has 0 heterocycles. The minimum absolute atomic E-state index is 0.181. The smallest absolute Gasteiger partial charge is 0.0446 e. The summed E-state index contributed by atoms with van der Waals surface area (Å²) in [6.07, 6.45) is 3.05. The van der Waals surface area contributed by atoms with Crippen LogP contribution in [0.5, 0.6) is 0 Å². The van der Waals surface area contributed by atoms with Crippen LogP contribution in [0, 0.1) is 12.3 Å². The second-order valence-electron chi connectivity index (χ2n) is 7.03. The van der Waals surface area contributed by atoms with Crippen molar-refractivity contribution in [3.63, 3.8) is 0 Å². The third-order valence-electron chi connectivity index (χ3n) is 3.90. The van der Waals surface area contributed by atoms with Gasteiger partial charge in [0.2, 0.25) is 0 Å². The van der Waals surface area contributed by atoms with Crippen molar-refractivity contribution in [2.75, 3.05) is 6.61 Å². The van der Waals surface area contributed by atoms with Crippen LogP contribution < -0.4 is 5.32 Å². The number of nitrogens with one attached hydrogen (secondary N) is 1. The maximum atomic E-state index is 9.21. The van der Waals surface area contributed by atoms with Crippen LogP contribution in [0.25, 0.3) is 0 Å². The van der Waals surface area contributed by atoms with Gasteiger partial charge in [-0.05, 0) is 44.1 Å². The first kappa shape index (κ1) is 17.2. The first-order valence-electron chi connectivity index (χ1n) is 7.75. The van der Waals surface area contributed by atoms with Crippen LogP contribution >= 0.6 is 0 Å². The summed E-state index contributed by atoms with van der Waals surface area (Å²) in [6.45, 7) is 11.3. The number of aliphatic hydroxyl groups is 1. The van der Waals surface area contributed by atoms with Crippen molar-refractivity contribution in [1.29, 1.82) is 0 Å². The van der Waals surface area contributed by atoms with E-state index in [1.165, 1.54) is 11.1 Å². The van der Waals surface area contributed by atoms with E-state index in [1.54, 1.807) is 0 Å². The average Bonchev–Trinajstić information content (AvgIpc) is 2.35. The summed E-state index contributed by atoms with van der Waals surface area (Å²) < 4.78 is 0. The molecular weight excluding hydrogens is 246 g/mol. The Labute approximate surface area is 124 Å². The van der Waals surface area contributed by atoms with E-state index in [2.05, 4.69) is 64.2 Å². The van der Waals surface area contributed by atoms with Gasteiger partial charge in [0.05, 0.1) is 0 Å². The number of aliphatic hydroxyl groups excluding tert-OH is 1. The van der Waals surface area contributed by atoms with Crippen LogP contribution in [0.3, 0.4) is 0 Å². The van der Waals surface area contributed by atoms with Gasteiger partial charge in [0.15, 0.2) is 0 Å². The molecule has 0 bridgehead atoms. The van der Waals surface area contributed by atoms with Crippen LogP contribution in [0.1, 0.15) is 51.7 Å². The summed E-state index contributed by atoms with van der Waals surface area (Å²) in [6, 6.07) is 9.57. The Kier molecular flexibility index (Phi) is 6.70. The van der Waals surface area contributed by atoms with Gasteiger partial charge in [0, 0.05) is 18.7 Å². The zero-order chi connectivity index (χ0) is 15.2. The summed E-state index contributed by atoms with van der Waals surface area (Å²) in [5.74, 6) is 0. The highest BCUT2D eigenvalue weighted by molar-refractivity contribution is 5.22. The van der Waals surface area contributed by atoms with E-state index in [-0.39, 0.29) is 12.0 Å². The fourth-order valence-electron chi connectivity index (χ4n) is 2.57. The Hall–Kier alpha value is -0.860. The van der Waals surface area contributed by atoms with Crippen molar-refractivity contribution in [2.24, 2.45) is 5.41 Å². The molecule has 0 saturated heterocycles. The largest absolute Gasteiger partial charge is 0.396 e. The molecule has 114 valence electrons. The van der Waals surface area contributed by atoms with E-state index in [0.717, 1.165) is 19.3 Å². The minimum Gasteiger partial charge on any atom is -0.396 e. The number of benzene rings is 1. The summed E-state index contributed by atoms with van der Waals surface area (Å²) in [7, 11) is 0. The number of hydrogen-bond donors (Lipinski definition) is 2. The first-order chi connectivity index (χ1) is 9.32. The van der Waals surface area contributed by atoms with Gasteiger partial charge >= 0.3 is 0 Å². The standard InChI is InChI=1S/C18H31NO/c1-14-7-6-8-16(13-14)10-9-15(2)19-17(11-12-20)18(3,4)5/h6-8,13,15,17,19-20H,9-12H2,1-5H3. The number of aryl methyl sites for hydroxylation is 2. The molecule has 1 rings (SSSR count). The number of hydrogen-bond acceptors (Lipinski definition) is 2. The molecule has 20 heavy (non-hydrogen) atoms. The normalized spacial score (nSPS) is 15.1. The van der Waals surface area contributed by atoms with Gasteiger partial charge < -0.3 is 10.4 Å². The van der Waals surface area contributed by atoms with Crippen molar-refractivity contribution >= 4 is 0 Å². The van der Waals surface area contributed by atoms with Crippen LogP contribution in [0.4, 0.5) is 0 Å². The quantitative estimate of drug-likeness (QED) is 0.796. The summed E-state index contributed by atoms with van der Waals surface area (Å²) in [4.78, 5) is 0. The maximum Gasteiger partial charge on any atom is 0.0446 e. The predicted molar refractivity (Wildman–Crippen MR) is 87.0 cm³/mol. The van der Waals surface area contributed by atoms with Crippen molar-refractivity contribution in [3.05, 3.63) is 35.4 Å². The molecule has 0 saturated carbocycles. The predicted octanol–water partition coefficient (Wildman–Crippen LogP) is 3.70. The summed E-state index contributed by atoms with van der Waals surface area (Å²) >= 11 is 0. The molecule has 2 unspecified atom stereocenters. The highest BCUT2D eigenvalue weighted by Gasteiger charge is 2.24. The molecule has 2 N–H and O–H groups in total. The first-order valence-corrected chi connectivity index (χ1v) is 7.75. The van der Waals surface area contributed by atoms with Crippen LogP contribution in [-0.4, -0.2) is 23.8 Å². The Morgan fingerprint density at radius 2 is 1.90 bits per heavy atom. The van der Waals surface area contributed by atoms with E-state index in [0.29, 0.717) is 12.1 Å². The topological polar surface area (TPSA) is 32.3 Å². The fraction of sp³-hybridized carbons (Fsp3) is 0.667. The summed E-state index contributed by atoms with van der Waals surface area (Å²) in [5, 5.41) is 12.9. The fourth-order valence-corrected chi connectivity index (χ4v) is 2.57. The van der Waals surface area contributed by atoms with Crippen molar-refractivity contribution in [3.8, 4) is 0 Å². The third-order valence-corrected chi connectivity index (χ3v) is 3.90. The zero-order valence-electron chi connectivity index (χ0n) is 13.7. The summed E-state index contributed by atoms with van der Waals surface area (Å²) in [5.41, 5.74) is 2.92. The van der Waals surface area contributed by atoms with Gasteiger partial charge in [0.1, 0.15) is 0 Å². The highest BCUT2D eigenvalue weighted by atomic mass is 16.3. The van der Waals surface area contributed by atoms with Gasteiger partial charge in [-0.15, -0.1) is 0 Å². The second kappa shape index (κ2) is 7.80. The van der Waals surface area contributed by atoms with E-state index in [1.807, 2.05) is 0 Å². The van der Waals surface area contributed by atoms with Crippen LogP contribution in [-0.2, 0) is 6.42 Å². The molecular formula is C18H31NO. The second-order valence-corrected chi connectivity index (χ2v) is 7.03. The molecule has 0 spiro atoms. The Morgan fingerprint density at radius 3 is 2.45 bits per heavy atom. The molecule has 0 radical (unpaired) electrons. The van der Waals surface area contributed by atoms with E-state index in [9.17, 15) is 5.11 Å². The molecule has 2 atom stereocenters. The lowest BCUT2D eigenvalue weighted by Gasteiger charge is -2.34. The molecule has 0 aromatic heterocycles. The lowest BCUT2D eigenvalue weighted by molar-refractivity contribution is 0.186. The molecule has 0 aliphatic heterocycles. The highest BCUT2D eigenvalue weighted by Crippen LogP contribution is 2.22. The minimum atomic E-state index is 0.181. The molecule has 2 nitrogen and oxygen atoms in total. The number of rotatable bonds is 7. The zero-order valence-corrected chi connectivity index (χ0v) is 13.7. The monoisotopic (exact) mass is 277 g/mol. The third kappa shape index (κ3) is 6.06. The molecule has 1 aromatic rings. The molecule has 0 aliphatic carbocycles. The van der Waals surface area contributed by atoms with Crippen molar-refractivity contribution in [1.82, 2.24) is 5.32 Å². The molecule has 0 amide bonds. The van der Waals surface area contributed by atoms with Crippen LogP contribution in [0.15, 0.2) is 24.3 Å². The van der Waals surface area contributed by atoms with Gasteiger partial charge in [-0.1, -0.05) is 50.6 Å². The lowest BCUT2D eigenvalue weighted by Crippen LogP contribution is -2.45. The van der Waals surface area contributed by atoms with E-state index >= 15 is 0 Å². The Balaban J connectivity index is 2.47. The van der Waals surface area contributed by atoms with Crippen LogP contribution in [0.2, 0.25) is 0 Å². The van der Waals surface area contributed by atoms with Crippen molar-refractivity contribution in [2.45, 2.75) is 66.0 Å². The maximum absolute atomic E-state index is 9.21. The SMILES string of the molecule is Cc1cccc(CCC(C)NC(CCO)C(C)(C)C)c1. The van der Waals surface area contributed by atoms with E-state index in [4.69, 9.17) is 0 Å².